The van der Waals surface area contributed by atoms with E-state index in [1.807, 2.05) is 6.92 Å². The molecule has 94 valence electrons. The van der Waals surface area contributed by atoms with E-state index in [2.05, 4.69) is 12.2 Å². The van der Waals surface area contributed by atoms with Gasteiger partial charge in [0.1, 0.15) is 5.82 Å². The van der Waals surface area contributed by atoms with E-state index < -0.39 is 11.7 Å². The van der Waals surface area contributed by atoms with Gasteiger partial charge in [0.05, 0.1) is 5.56 Å². The van der Waals surface area contributed by atoms with Crippen molar-refractivity contribution in [3.8, 4) is 0 Å². The standard InChI is InChI=1S/C12H15ClFNOS/c1-3-17-7-8(2)15-12(16)10-6-9(13)4-5-11(10)14/h4-6,8H,3,7H2,1-2H3,(H,15,16). The van der Waals surface area contributed by atoms with E-state index in [1.54, 1.807) is 11.8 Å². The molecule has 0 aliphatic carbocycles. The molecule has 0 bridgehead atoms. The predicted molar refractivity (Wildman–Crippen MR) is 71.3 cm³/mol. The van der Waals surface area contributed by atoms with Gasteiger partial charge in [-0.25, -0.2) is 4.39 Å². The van der Waals surface area contributed by atoms with Gasteiger partial charge in [0.2, 0.25) is 0 Å². The number of carbonyl (C=O) groups excluding carboxylic acids is 1. The Labute approximate surface area is 110 Å². The lowest BCUT2D eigenvalue weighted by molar-refractivity contribution is 0.0939. The van der Waals surface area contributed by atoms with Crippen molar-refractivity contribution in [1.82, 2.24) is 5.32 Å². The number of hydrogen-bond acceptors (Lipinski definition) is 2. The van der Waals surface area contributed by atoms with E-state index in [4.69, 9.17) is 11.6 Å². The molecule has 0 fully saturated rings. The number of rotatable bonds is 5. The molecule has 1 aromatic carbocycles. The van der Waals surface area contributed by atoms with Crippen molar-refractivity contribution >= 4 is 29.3 Å². The smallest absolute Gasteiger partial charge is 0.254 e. The van der Waals surface area contributed by atoms with Gasteiger partial charge in [-0.1, -0.05) is 18.5 Å². The highest BCUT2D eigenvalue weighted by molar-refractivity contribution is 7.99. The van der Waals surface area contributed by atoms with Crippen molar-refractivity contribution in [2.75, 3.05) is 11.5 Å². The zero-order valence-corrected chi connectivity index (χ0v) is 11.4. The second-order valence-electron chi connectivity index (χ2n) is 3.66. The average molecular weight is 276 g/mol. The molecule has 1 unspecified atom stereocenters. The van der Waals surface area contributed by atoms with Crippen LogP contribution in [0.15, 0.2) is 18.2 Å². The average Bonchev–Trinajstić information content (AvgIpc) is 2.29. The van der Waals surface area contributed by atoms with Gasteiger partial charge in [-0.05, 0) is 30.9 Å². The Morgan fingerprint density at radius 1 is 1.59 bits per heavy atom. The maximum atomic E-state index is 13.4. The fourth-order valence-corrected chi connectivity index (χ4v) is 2.15. The van der Waals surface area contributed by atoms with E-state index in [1.165, 1.54) is 18.2 Å². The van der Waals surface area contributed by atoms with Gasteiger partial charge in [0.15, 0.2) is 0 Å². The minimum absolute atomic E-state index is 0.00540. The number of thioether (sulfide) groups is 1. The molecule has 0 saturated heterocycles. The van der Waals surface area contributed by atoms with Crippen molar-refractivity contribution in [2.24, 2.45) is 0 Å². The monoisotopic (exact) mass is 275 g/mol. The highest BCUT2D eigenvalue weighted by atomic mass is 35.5. The Morgan fingerprint density at radius 3 is 2.94 bits per heavy atom. The summed E-state index contributed by atoms with van der Waals surface area (Å²) in [4.78, 5) is 11.8. The summed E-state index contributed by atoms with van der Waals surface area (Å²) in [5.74, 6) is 0.826. The molecule has 1 rings (SSSR count). The quantitative estimate of drug-likeness (QED) is 0.893. The summed E-state index contributed by atoms with van der Waals surface area (Å²) in [6.45, 7) is 3.94. The van der Waals surface area contributed by atoms with Crippen LogP contribution in [0, 0.1) is 5.82 Å². The number of amides is 1. The van der Waals surface area contributed by atoms with Crippen molar-refractivity contribution in [3.05, 3.63) is 34.6 Å². The third kappa shape index (κ3) is 4.56. The summed E-state index contributed by atoms with van der Waals surface area (Å²) in [7, 11) is 0. The van der Waals surface area contributed by atoms with Crippen LogP contribution < -0.4 is 5.32 Å². The molecule has 5 heteroatoms. The van der Waals surface area contributed by atoms with Crippen molar-refractivity contribution in [2.45, 2.75) is 19.9 Å². The van der Waals surface area contributed by atoms with Crippen LogP contribution in [0.3, 0.4) is 0 Å². The molecule has 0 saturated carbocycles. The van der Waals surface area contributed by atoms with Gasteiger partial charge in [0.25, 0.3) is 5.91 Å². The first-order valence-corrected chi connectivity index (χ1v) is 6.91. The third-order valence-electron chi connectivity index (χ3n) is 2.12. The van der Waals surface area contributed by atoms with Gasteiger partial charge < -0.3 is 5.32 Å². The zero-order chi connectivity index (χ0) is 12.8. The maximum absolute atomic E-state index is 13.4. The molecule has 2 nitrogen and oxygen atoms in total. The van der Waals surface area contributed by atoms with Crippen LogP contribution in [0.25, 0.3) is 0 Å². The largest absolute Gasteiger partial charge is 0.349 e. The number of benzene rings is 1. The van der Waals surface area contributed by atoms with Crippen molar-refractivity contribution in [3.63, 3.8) is 0 Å². The molecule has 0 aromatic heterocycles. The summed E-state index contributed by atoms with van der Waals surface area (Å²) in [5, 5.41) is 3.09. The normalized spacial score (nSPS) is 12.2. The van der Waals surface area contributed by atoms with Crippen molar-refractivity contribution < 1.29 is 9.18 Å². The van der Waals surface area contributed by atoms with Gasteiger partial charge in [-0.15, -0.1) is 0 Å². The van der Waals surface area contributed by atoms with Crippen LogP contribution in [0.1, 0.15) is 24.2 Å². The number of halogens is 2. The molecule has 1 amide bonds. The molecular formula is C12H15ClFNOS. The first kappa shape index (κ1) is 14.3. The first-order chi connectivity index (χ1) is 8.04. The van der Waals surface area contributed by atoms with Crippen LogP contribution in [-0.4, -0.2) is 23.5 Å². The number of hydrogen-bond donors (Lipinski definition) is 1. The molecule has 1 N–H and O–H groups in total. The zero-order valence-electron chi connectivity index (χ0n) is 9.80. The van der Waals surface area contributed by atoms with Gasteiger partial charge >= 0.3 is 0 Å². The summed E-state index contributed by atoms with van der Waals surface area (Å²) >= 11 is 7.46. The van der Waals surface area contributed by atoms with Gasteiger partial charge in [-0.3, -0.25) is 4.79 Å². The van der Waals surface area contributed by atoms with Crippen LogP contribution >= 0.6 is 23.4 Å². The van der Waals surface area contributed by atoms with Gasteiger partial charge in [0, 0.05) is 16.8 Å². The lowest BCUT2D eigenvalue weighted by Crippen LogP contribution is -2.34. The van der Waals surface area contributed by atoms with E-state index >= 15 is 0 Å². The summed E-state index contributed by atoms with van der Waals surface area (Å²) in [5.41, 5.74) is -0.00847. The Morgan fingerprint density at radius 2 is 2.29 bits per heavy atom. The van der Waals surface area contributed by atoms with Crippen LogP contribution in [-0.2, 0) is 0 Å². The molecule has 0 radical (unpaired) electrons. The number of nitrogens with one attached hydrogen (secondary N) is 1. The fraction of sp³-hybridized carbons (Fsp3) is 0.417. The molecule has 0 heterocycles. The molecule has 17 heavy (non-hydrogen) atoms. The van der Waals surface area contributed by atoms with E-state index in [-0.39, 0.29) is 11.6 Å². The van der Waals surface area contributed by atoms with E-state index in [0.29, 0.717) is 5.02 Å². The Kier molecular flexibility index (Phi) is 5.78. The summed E-state index contributed by atoms with van der Waals surface area (Å²) < 4.78 is 13.4. The van der Waals surface area contributed by atoms with Crippen molar-refractivity contribution in [1.29, 1.82) is 0 Å². The molecule has 1 atom stereocenters. The Bertz CT molecular complexity index is 400. The number of carbonyl (C=O) groups is 1. The van der Waals surface area contributed by atoms with Gasteiger partial charge in [-0.2, -0.15) is 11.8 Å². The highest BCUT2D eigenvalue weighted by Crippen LogP contribution is 2.15. The topological polar surface area (TPSA) is 29.1 Å². The third-order valence-corrected chi connectivity index (χ3v) is 3.50. The maximum Gasteiger partial charge on any atom is 0.254 e. The second-order valence-corrected chi connectivity index (χ2v) is 5.41. The molecule has 0 aliphatic rings. The second kappa shape index (κ2) is 6.87. The summed E-state index contributed by atoms with van der Waals surface area (Å²) in [6.07, 6.45) is 0. The fourth-order valence-electron chi connectivity index (χ4n) is 1.31. The molecule has 0 spiro atoms. The van der Waals surface area contributed by atoms with E-state index in [9.17, 15) is 9.18 Å². The molecular weight excluding hydrogens is 261 g/mol. The lowest BCUT2D eigenvalue weighted by Gasteiger charge is -2.13. The Balaban J connectivity index is 2.66. The minimum atomic E-state index is -0.553. The van der Waals surface area contributed by atoms with Crippen LogP contribution in [0.2, 0.25) is 5.02 Å². The van der Waals surface area contributed by atoms with E-state index in [0.717, 1.165) is 11.5 Å². The first-order valence-electron chi connectivity index (χ1n) is 5.38. The lowest BCUT2D eigenvalue weighted by atomic mass is 10.2. The molecule has 0 aliphatic heterocycles. The highest BCUT2D eigenvalue weighted by Gasteiger charge is 2.14. The Hall–Kier alpha value is -0.740. The minimum Gasteiger partial charge on any atom is -0.349 e. The summed E-state index contributed by atoms with van der Waals surface area (Å²) in [6, 6.07) is 3.96. The van der Waals surface area contributed by atoms with Crippen LogP contribution in [0.4, 0.5) is 4.39 Å². The molecule has 1 aromatic rings. The van der Waals surface area contributed by atoms with Crippen LogP contribution in [0.5, 0.6) is 0 Å². The predicted octanol–water partition coefficient (Wildman–Crippen LogP) is 3.35. The SMILES string of the molecule is CCSCC(C)NC(=O)c1cc(Cl)ccc1F.